The zero-order valence-corrected chi connectivity index (χ0v) is 16.9. The van der Waals surface area contributed by atoms with E-state index in [2.05, 4.69) is 22.0 Å². The summed E-state index contributed by atoms with van der Waals surface area (Å²) in [5, 5.41) is 11.8. The summed E-state index contributed by atoms with van der Waals surface area (Å²) in [6.07, 6.45) is 1.90. The second kappa shape index (κ2) is 8.75. The van der Waals surface area contributed by atoms with Crippen LogP contribution in [0.4, 0.5) is 0 Å². The Morgan fingerprint density at radius 1 is 1.00 bits per heavy atom. The SMILES string of the molecule is CCOc1ccc2ccc(OCC)c(/C=C(/C#N)c3ccc(Br)cc3)c2c1. The molecular formula is C23H20BrNO2. The number of benzene rings is 3. The Morgan fingerprint density at radius 2 is 1.70 bits per heavy atom. The molecule has 0 saturated heterocycles. The van der Waals surface area contributed by atoms with Gasteiger partial charge in [-0.15, -0.1) is 0 Å². The number of ether oxygens (including phenoxy) is 2. The van der Waals surface area contributed by atoms with Crippen molar-refractivity contribution in [3.05, 3.63) is 70.2 Å². The minimum absolute atomic E-state index is 0.553. The van der Waals surface area contributed by atoms with Gasteiger partial charge in [0, 0.05) is 10.0 Å². The highest BCUT2D eigenvalue weighted by Crippen LogP contribution is 2.34. The van der Waals surface area contributed by atoms with Gasteiger partial charge in [0.25, 0.3) is 0 Å². The number of nitrogens with zero attached hydrogens (tertiary/aromatic N) is 1. The van der Waals surface area contributed by atoms with E-state index in [0.29, 0.717) is 18.8 Å². The Kier molecular flexibility index (Phi) is 6.16. The molecule has 0 bridgehead atoms. The van der Waals surface area contributed by atoms with Crippen LogP contribution < -0.4 is 9.47 Å². The van der Waals surface area contributed by atoms with Crippen LogP contribution in [0, 0.1) is 11.3 Å². The van der Waals surface area contributed by atoms with Crippen molar-refractivity contribution >= 4 is 38.4 Å². The van der Waals surface area contributed by atoms with Crippen molar-refractivity contribution in [2.45, 2.75) is 13.8 Å². The molecule has 4 heteroatoms. The summed E-state index contributed by atoms with van der Waals surface area (Å²) in [6, 6.07) is 20.0. The van der Waals surface area contributed by atoms with Crippen molar-refractivity contribution in [1.82, 2.24) is 0 Å². The number of rotatable bonds is 6. The van der Waals surface area contributed by atoms with Gasteiger partial charge in [0.1, 0.15) is 11.5 Å². The molecule has 3 nitrogen and oxygen atoms in total. The van der Waals surface area contributed by atoms with Gasteiger partial charge in [-0.1, -0.05) is 40.2 Å². The highest BCUT2D eigenvalue weighted by molar-refractivity contribution is 9.10. The fourth-order valence-electron chi connectivity index (χ4n) is 2.94. The smallest absolute Gasteiger partial charge is 0.127 e. The van der Waals surface area contributed by atoms with E-state index in [0.717, 1.165) is 37.9 Å². The highest BCUT2D eigenvalue weighted by Gasteiger charge is 2.11. The molecular weight excluding hydrogens is 402 g/mol. The third-order valence-electron chi connectivity index (χ3n) is 4.17. The van der Waals surface area contributed by atoms with E-state index in [1.165, 1.54) is 0 Å². The van der Waals surface area contributed by atoms with E-state index in [1.54, 1.807) is 0 Å². The lowest BCUT2D eigenvalue weighted by Crippen LogP contribution is -1.96. The first-order valence-corrected chi connectivity index (χ1v) is 9.65. The van der Waals surface area contributed by atoms with E-state index in [4.69, 9.17) is 9.47 Å². The van der Waals surface area contributed by atoms with E-state index < -0.39 is 0 Å². The molecule has 0 aliphatic heterocycles. The minimum Gasteiger partial charge on any atom is -0.494 e. The molecule has 0 fully saturated rings. The van der Waals surface area contributed by atoms with Crippen LogP contribution in [0.2, 0.25) is 0 Å². The van der Waals surface area contributed by atoms with E-state index >= 15 is 0 Å². The molecule has 3 rings (SSSR count). The number of nitriles is 1. The molecule has 0 spiro atoms. The number of allylic oxidation sites excluding steroid dienone is 1. The van der Waals surface area contributed by atoms with Crippen LogP contribution in [0.3, 0.4) is 0 Å². The predicted molar refractivity (Wildman–Crippen MR) is 114 cm³/mol. The monoisotopic (exact) mass is 421 g/mol. The van der Waals surface area contributed by atoms with Crippen molar-refractivity contribution in [3.8, 4) is 17.6 Å². The number of fused-ring (bicyclic) bond motifs is 1. The van der Waals surface area contributed by atoms with Gasteiger partial charge in [-0.2, -0.15) is 5.26 Å². The Balaban J connectivity index is 2.22. The second-order valence-electron chi connectivity index (χ2n) is 5.90. The predicted octanol–water partition coefficient (Wildman–Crippen LogP) is 6.46. The van der Waals surface area contributed by atoms with Crippen LogP contribution in [0.15, 0.2) is 59.1 Å². The first kappa shape index (κ1) is 19.0. The molecule has 3 aromatic carbocycles. The molecule has 0 saturated carbocycles. The Hall–Kier alpha value is -2.77. The quantitative estimate of drug-likeness (QED) is 0.338. The van der Waals surface area contributed by atoms with Crippen LogP contribution in [0.1, 0.15) is 25.0 Å². The van der Waals surface area contributed by atoms with Crippen LogP contribution in [-0.4, -0.2) is 13.2 Å². The van der Waals surface area contributed by atoms with Crippen LogP contribution in [0.5, 0.6) is 11.5 Å². The Labute approximate surface area is 168 Å². The average Bonchev–Trinajstić information content (AvgIpc) is 2.68. The van der Waals surface area contributed by atoms with E-state index in [-0.39, 0.29) is 0 Å². The molecule has 0 atom stereocenters. The lowest BCUT2D eigenvalue weighted by Gasteiger charge is -2.13. The summed E-state index contributed by atoms with van der Waals surface area (Å²) in [7, 11) is 0. The summed E-state index contributed by atoms with van der Waals surface area (Å²) in [5.74, 6) is 1.55. The maximum absolute atomic E-state index is 9.75. The zero-order chi connectivity index (χ0) is 19.2. The number of hydrogen-bond donors (Lipinski definition) is 0. The van der Waals surface area contributed by atoms with Crippen molar-refractivity contribution in [1.29, 1.82) is 5.26 Å². The second-order valence-corrected chi connectivity index (χ2v) is 6.82. The molecule has 0 N–H and O–H groups in total. The number of hydrogen-bond acceptors (Lipinski definition) is 3. The Morgan fingerprint density at radius 3 is 2.37 bits per heavy atom. The van der Waals surface area contributed by atoms with Gasteiger partial charge in [-0.25, -0.2) is 0 Å². The molecule has 0 radical (unpaired) electrons. The van der Waals surface area contributed by atoms with Gasteiger partial charge in [0.15, 0.2) is 0 Å². The number of halogens is 1. The molecule has 0 aromatic heterocycles. The van der Waals surface area contributed by atoms with Crippen LogP contribution >= 0.6 is 15.9 Å². The van der Waals surface area contributed by atoms with Crippen LogP contribution in [0.25, 0.3) is 22.4 Å². The Bertz CT molecular complexity index is 1010. The average molecular weight is 422 g/mol. The van der Waals surface area contributed by atoms with Gasteiger partial charge in [-0.3, -0.25) is 0 Å². The van der Waals surface area contributed by atoms with E-state index in [9.17, 15) is 5.26 Å². The molecule has 136 valence electrons. The molecule has 0 aliphatic rings. The summed E-state index contributed by atoms with van der Waals surface area (Å²) in [5.41, 5.74) is 2.33. The summed E-state index contributed by atoms with van der Waals surface area (Å²) in [4.78, 5) is 0. The van der Waals surface area contributed by atoms with Gasteiger partial charge >= 0.3 is 0 Å². The molecule has 0 heterocycles. The lowest BCUT2D eigenvalue weighted by atomic mass is 9.98. The topological polar surface area (TPSA) is 42.2 Å². The largest absolute Gasteiger partial charge is 0.494 e. The van der Waals surface area contributed by atoms with Gasteiger partial charge < -0.3 is 9.47 Å². The first-order valence-electron chi connectivity index (χ1n) is 8.86. The van der Waals surface area contributed by atoms with Gasteiger partial charge in [0.05, 0.1) is 24.9 Å². The lowest BCUT2D eigenvalue weighted by molar-refractivity contribution is 0.339. The standard InChI is InChI=1S/C23H20BrNO2/c1-3-26-20-11-7-17-8-12-23(27-4-2)22(21(17)14-20)13-18(15-25)16-5-9-19(24)10-6-16/h5-14H,3-4H2,1-2H3/b18-13-. The fraction of sp³-hybridized carbons (Fsp3) is 0.174. The van der Waals surface area contributed by atoms with Crippen molar-refractivity contribution < 1.29 is 9.47 Å². The minimum atomic E-state index is 0.553. The zero-order valence-electron chi connectivity index (χ0n) is 15.3. The molecule has 3 aromatic rings. The van der Waals surface area contributed by atoms with Crippen molar-refractivity contribution in [3.63, 3.8) is 0 Å². The molecule has 0 aliphatic carbocycles. The summed E-state index contributed by atoms with van der Waals surface area (Å²) >= 11 is 3.43. The summed E-state index contributed by atoms with van der Waals surface area (Å²) < 4.78 is 12.5. The maximum atomic E-state index is 9.75. The van der Waals surface area contributed by atoms with E-state index in [1.807, 2.05) is 74.5 Å². The molecule has 0 amide bonds. The van der Waals surface area contributed by atoms with Crippen molar-refractivity contribution in [2.24, 2.45) is 0 Å². The third kappa shape index (κ3) is 4.32. The molecule has 27 heavy (non-hydrogen) atoms. The van der Waals surface area contributed by atoms with Gasteiger partial charge in [0.2, 0.25) is 0 Å². The van der Waals surface area contributed by atoms with Gasteiger partial charge in [-0.05, 0) is 66.6 Å². The normalized spacial score (nSPS) is 11.3. The highest BCUT2D eigenvalue weighted by atomic mass is 79.9. The fourth-order valence-corrected chi connectivity index (χ4v) is 3.21. The third-order valence-corrected chi connectivity index (χ3v) is 4.70. The van der Waals surface area contributed by atoms with Crippen LogP contribution in [-0.2, 0) is 0 Å². The van der Waals surface area contributed by atoms with Crippen molar-refractivity contribution in [2.75, 3.05) is 13.2 Å². The first-order chi connectivity index (χ1) is 13.2. The summed E-state index contributed by atoms with van der Waals surface area (Å²) in [6.45, 7) is 5.07. The maximum Gasteiger partial charge on any atom is 0.127 e. The molecule has 0 unspecified atom stereocenters.